The van der Waals surface area contributed by atoms with E-state index in [1.54, 1.807) is 0 Å². The molecule has 19 heavy (non-hydrogen) atoms. The maximum atomic E-state index is 11.3. The van der Waals surface area contributed by atoms with Crippen molar-refractivity contribution in [2.24, 2.45) is 0 Å². The van der Waals surface area contributed by atoms with Gasteiger partial charge >= 0.3 is 5.97 Å². The summed E-state index contributed by atoms with van der Waals surface area (Å²) in [6.07, 6.45) is -0.427. The van der Waals surface area contributed by atoms with Crippen molar-refractivity contribution < 1.29 is 26.9 Å². The molecule has 0 heterocycles. The van der Waals surface area contributed by atoms with E-state index in [1.165, 1.54) is 0 Å². The molecule has 6 nitrogen and oxygen atoms in total. The molecule has 0 N–H and O–H groups in total. The fourth-order valence-electron chi connectivity index (χ4n) is 1.34. The molecule has 0 aliphatic heterocycles. The molecule has 0 saturated heterocycles. The average Bonchev–Trinajstić information content (AvgIpc) is 2.36. The highest BCUT2D eigenvalue weighted by Crippen LogP contribution is 2.05. The van der Waals surface area contributed by atoms with Gasteiger partial charge in [0.15, 0.2) is 6.10 Å². The predicted octanol–water partition coefficient (Wildman–Crippen LogP) is 0.721. The molecule has 0 fully saturated rings. The molecule has 0 bridgehead atoms. The lowest BCUT2D eigenvalue weighted by molar-refractivity contribution is -0.151. The lowest BCUT2D eigenvalue weighted by atomic mass is 10.2. The SMILES string of the molecule is COC(=O)[C@H](COCc1ccccc1)OS(C)(=O)=O. The lowest BCUT2D eigenvalue weighted by Gasteiger charge is -2.14. The summed E-state index contributed by atoms with van der Waals surface area (Å²) >= 11 is 0. The molecule has 106 valence electrons. The van der Waals surface area contributed by atoms with Crippen LogP contribution in [-0.2, 0) is 35.2 Å². The Morgan fingerprint density at radius 3 is 2.42 bits per heavy atom. The molecule has 0 aromatic heterocycles. The van der Waals surface area contributed by atoms with E-state index in [1.807, 2.05) is 30.3 Å². The monoisotopic (exact) mass is 288 g/mol. The van der Waals surface area contributed by atoms with Crippen molar-refractivity contribution in [3.8, 4) is 0 Å². The Bertz CT molecular complexity index is 496. The molecule has 0 saturated carbocycles. The molecule has 1 atom stereocenters. The Morgan fingerprint density at radius 1 is 1.26 bits per heavy atom. The van der Waals surface area contributed by atoms with Crippen molar-refractivity contribution in [3.05, 3.63) is 35.9 Å². The summed E-state index contributed by atoms with van der Waals surface area (Å²) < 4.78 is 36.3. The van der Waals surface area contributed by atoms with Gasteiger partial charge in [0.1, 0.15) is 0 Å². The standard InChI is InChI=1S/C12H16O6S/c1-16-12(13)11(18-19(2,14)15)9-17-8-10-6-4-3-5-7-10/h3-7,11H,8-9H2,1-2H3/t11-/m0/s1. The second-order valence-corrected chi connectivity index (χ2v) is 5.41. The van der Waals surface area contributed by atoms with Gasteiger partial charge in [0.2, 0.25) is 0 Å². The molecule has 0 radical (unpaired) electrons. The normalized spacial score (nSPS) is 12.9. The van der Waals surface area contributed by atoms with Crippen molar-refractivity contribution in [1.82, 2.24) is 0 Å². The van der Waals surface area contributed by atoms with Gasteiger partial charge in [-0.25, -0.2) is 4.79 Å². The summed E-state index contributed by atoms with van der Waals surface area (Å²) in [5, 5.41) is 0. The van der Waals surface area contributed by atoms with E-state index < -0.39 is 22.2 Å². The quantitative estimate of drug-likeness (QED) is 0.543. The molecule has 0 aliphatic carbocycles. The highest BCUT2D eigenvalue weighted by Gasteiger charge is 2.24. The molecule has 1 aromatic carbocycles. The maximum Gasteiger partial charge on any atom is 0.338 e. The molecule has 0 unspecified atom stereocenters. The molecule has 0 spiro atoms. The predicted molar refractivity (Wildman–Crippen MR) is 67.8 cm³/mol. The van der Waals surface area contributed by atoms with Crippen LogP contribution in [0.1, 0.15) is 5.56 Å². The van der Waals surface area contributed by atoms with E-state index in [0.29, 0.717) is 0 Å². The third-order valence-electron chi connectivity index (χ3n) is 2.14. The van der Waals surface area contributed by atoms with Gasteiger partial charge in [-0.1, -0.05) is 30.3 Å². The van der Waals surface area contributed by atoms with Crippen molar-refractivity contribution in [2.45, 2.75) is 12.7 Å². The molecular formula is C12H16O6S. The number of esters is 1. The Kier molecular flexibility index (Phi) is 5.94. The Balaban J connectivity index is 2.52. The first-order valence-electron chi connectivity index (χ1n) is 5.50. The van der Waals surface area contributed by atoms with Crippen LogP contribution in [0.25, 0.3) is 0 Å². The van der Waals surface area contributed by atoms with Crippen molar-refractivity contribution in [3.63, 3.8) is 0 Å². The highest BCUT2D eigenvalue weighted by molar-refractivity contribution is 7.86. The van der Waals surface area contributed by atoms with Crippen LogP contribution in [0.3, 0.4) is 0 Å². The zero-order valence-corrected chi connectivity index (χ0v) is 11.6. The summed E-state index contributed by atoms with van der Waals surface area (Å²) in [5.41, 5.74) is 0.908. The van der Waals surface area contributed by atoms with Gasteiger partial charge in [0.25, 0.3) is 10.1 Å². The number of hydrogen-bond donors (Lipinski definition) is 0. The second-order valence-electron chi connectivity index (χ2n) is 3.81. The van der Waals surface area contributed by atoms with Gasteiger partial charge in [0, 0.05) is 0 Å². The average molecular weight is 288 g/mol. The molecule has 7 heteroatoms. The number of methoxy groups -OCH3 is 1. The number of carbonyl (C=O) groups is 1. The molecule has 0 aliphatic rings. The lowest BCUT2D eigenvalue weighted by Crippen LogP contribution is -2.32. The van der Waals surface area contributed by atoms with E-state index in [0.717, 1.165) is 18.9 Å². The first kappa shape index (κ1) is 15.6. The summed E-state index contributed by atoms with van der Waals surface area (Å²) in [4.78, 5) is 11.3. The van der Waals surface area contributed by atoms with Crippen LogP contribution < -0.4 is 0 Å². The summed E-state index contributed by atoms with van der Waals surface area (Å²) in [6.45, 7) is 0.0517. The van der Waals surface area contributed by atoms with Crippen LogP contribution in [-0.4, -0.2) is 40.5 Å². The molecule has 1 rings (SSSR count). The van der Waals surface area contributed by atoms with E-state index in [2.05, 4.69) is 8.92 Å². The fraction of sp³-hybridized carbons (Fsp3) is 0.417. The molecular weight excluding hydrogens is 272 g/mol. The fourth-order valence-corrected chi connectivity index (χ4v) is 1.89. The van der Waals surface area contributed by atoms with Crippen LogP contribution in [0.2, 0.25) is 0 Å². The minimum Gasteiger partial charge on any atom is -0.467 e. The van der Waals surface area contributed by atoms with Crippen LogP contribution in [0.5, 0.6) is 0 Å². The topological polar surface area (TPSA) is 78.9 Å². The zero-order chi connectivity index (χ0) is 14.3. The first-order chi connectivity index (χ1) is 8.92. The van der Waals surface area contributed by atoms with Crippen LogP contribution in [0, 0.1) is 0 Å². The number of benzene rings is 1. The van der Waals surface area contributed by atoms with E-state index in [4.69, 9.17) is 4.74 Å². The van der Waals surface area contributed by atoms with Crippen molar-refractivity contribution in [1.29, 1.82) is 0 Å². The van der Waals surface area contributed by atoms with Crippen LogP contribution in [0.4, 0.5) is 0 Å². The largest absolute Gasteiger partial charge is 0.467 e. The number of hydrogen-bond acceptors (Lipinski definition) is 6. The van der Waals surface area contributed by atoms with E-state index in [9.17, 15) is 13.2 Å². The molecule has 1 aromatic rings. The highest BCUT2D eigenvalue weighted by atomic mass is 32.2. The van der Waals surface area contributed by atoms with Gasteiger partial charge < -0.3 is 9.47 Å². The Hall–Kier alpha value is -1.44. The Morgan fingerprint density at radius 2 is 1.89 bits per heavy atom. The summed E-state index contributed by atoms with van der Waals surface area (Å²) in [5.74, 6) is -0.793. The third kappa shape index (κ3) is 6.32. The van der Waals surface area contributed by atoms with E-state index >= 15 is 0 Å². The zero-order valence-electron chi connectivity index (χ0n) is 10.7. The smallest absolute Gasteiger partial charge is 0.338 e. The number of ether oxygens (including phenoxy) is 2. The summed E-state index contributed by atoms with van der Waals surface area (Å²) in [7, 11) is -2.60. The van der Waals surface area contributed by atoms with E-state index in [-0.39, 0.29) is 13.2 Å². The Labute approximate surface area is 112 Å². The third-order valence-corrected chi connectivity index (χ3v) is 2.72. The van der Waals surface area contributed by atoms with Crippen LogP contribution in [0.15, 0.2) is 30.3 Å². The number of rotatable bonds is 7. The van der Waals surface area contributed by atoms with Gasteiger partial charge in [-0.15, -0.1) is 0 Å². The van der Waals surface area contributed by atoms with Crippen molar-refractivity contribution >= 4 is 16.1 Å². The van der Waals surface area contributed by atoms with Gasteiger partial charge in [-0.3, -0.25) is 4.18 Å². The van der Waals surface area contributed by atoms with Crippen LogP contribution >= 0.6 is 0 Å². The van der Waals surface area contributed by atoms with Gasteiger partial charge in [-0.2, -0.15) is 8.42 Å². The summed E-state index contributed by atoms with van der Waals surface area (Å²) in [6, 6.07) is 9.27. The van der Waals surface area contributed by atoms with Gasteiger partial charge in [-0.05, 0) is 5.56 Å². The first-order valence-corrected chi connectivity index (χ1v) is 7.32. The second kappa shape index (κ2) is 7.22. The van der Waals surface area contributed by atoms with Gasteiger partial charge in [0.05, 0.1) is 26.6 Å². The minimum atomic E-state index is -3.75. The molecule has 0 amide bonds. The maximum absolute atomic E-state index is 11.3. The number of carbonyl (C=O) groups excluding carboxylic acids is 1. The minimum absolute atomic E-state index is 0.200. The van der Waals surface area contributed by atoms with Crippen molar-refractivity contribution in [2.75, 3.05) is 20.0 Å².